The zero-order chi connectivity index (χ0) is 67.4. The first-order chi connectivity index (χ1) is 46.3. The molecular weight excluding hydrogens is 1170 g/mol. The van der Waals surface area contributed by atoms with Crippen LogP contribution in [0, 0.1) is 0 Å². The molecule has 14 aromatic rings. The minimum absolute atomic E-state index is 0.0161. The van der Waals surface area contributed by atoms with Gasteiger partial charge in [0.1, 0.15) is 0 Å². The summed E-state index contributed by atoms with van der Waals surface area (Å²) in [7, 11) is 0. The van der Waals surface area contributed by atoms with Gasteiger partial charge in [0.05, 0.1) is 27.8 Å². The summed E-state index contributed by atoms with van der Waals surface area (Å²) >= 11 is 0. The van der Waals surface area contributed by atoms with Crippen LogP contribution in [0.4, 0.5) is 34.1 Å². The number of anilines is 6. The van der Waals surface area contributed by atoms with Gasteiger partial charge < -0.3 is 18.9 Å². The maximum Gasteiger partial charge on any atom is 0.252 e. The van der Waals surface area contributed by atoms with Crippen molar-refractivity contribution in [2.24, 2.45) is 0 Å². The van der Waals surface area contributed by atoms with Gasteiger partial charge in [-0.3, -0.25) is 0 Å². The highest BCUT2D eigenvalue weighted by molar-refractivity contribution is 7.00. The quantitative estimate of drug-likeness (QED) is 0.148. The van der Waals surface area contributed by atoms with E-state index in [4.69, 9.17) is 0 Å². The number of aromatic nitrogens is 2. The highest BCUT2D eigenvalue weighted by atomic mass is 15.2. The maximum atomic E-state index is 2.63. The summed E-state index contributed by atoms with van der Waals surface area (Å²) in [6.45, 7) is 34.8. The summed E-state index contributed by atoms with van der Waals surface area (Å²) in [5.74, 6) is 0. The van der Waals surface area contributed by atoms with E-state index >= 15 is 0 Å². The molecule has 5 heteroatoms. The van der Waals surface area contributed by atoms with Crippen molar-refractivity contribution in [2.75, 3.05) is 9.80 Å². The molecule has 0 spiro atoms. The monoisotopic (exact) mass is 1260 g/mol. The summed E-state index contributed by atoms with van der Waals surface area (Å²) < 4.78 is 5.01. The molecule has 0 unspecified atom stereocenters. The largest absolute Gasteiger partial charge is 0.311 e. The Hall–Kier alpha value is -10.1. The van der Waals surface area contributed by atoms with Crippen molar-refractivity contribution < 1.29 is 0 Å². The Morgan fingerprint density at radius 2 is 0.598 bits per heavy atom. The molecule has 16 rings (SSSR count). The van der Waals surface area contributed by atoms with Crippen LogP contribution in [0.25, 0.3) is 88.4 Å². The van der Waals surface area contributed by atoms with Crippen molar-refractivity contribution in [3.05, 3.63) is 283 Å². The third kappa shape index (κ3) is 10.4. The van der Waals surface area contributed by atoms with E-state index in [2.05, 4.69) is 378 Å². The topological polar surface area (TPSA) is 16.3 Å². The fourth-order valence-corrected chi connectivity index (χ4v) is 15.5. The first-order valence-electron chi connectivity index (χ1n) is 34.9. The SMILES string of the molecule is CC(C)(C)c1cc2c3c(c1)N(c1ccccc1-c1ccccc1)c1cc(-c4ccc(-n5c6ccc(C(C)(C)C)cc6c6cc(C(C)(C)C)ccc65)cc4)ccc1B3c1ccc(-n3c4ccc(C(C)(C)C)cc4c4cc(C(C)(C)C)ccc43)cc1N2c1ccc(-c2ccccc2)cc1. The number of fused-ring (bicyclic) bond motifs is 10. The number of nitrogens with zero attached hydrogens (tertiary/aromatic N) is 4. The van der Waals surface area contributed by atoms with E-state index in [-0.39, 0.29) is 33.8 Å². The molecule has 0 saturated heterocycles. The van der Waals surface area contributed by atoms with Gasteiger partial charge in [0, 0.05) is 66.9 Å². The molecule has 0 aliphatic carbocycles. The molecule has 0 saturated carbocycles. The van der Waals surface area contributed by atoms with Gasteiger partial charge in [0.2, 0.25) is 0 Å². The van der Waals surface area contributed by atoms with Gasteiger partial charge in [0.25, 0.3) is 6.71 Å². The predicted molar refractivity (Wildman–Crippen MR) is 419 cm³/mol. The first-order valence-corrected chi connectivity index (χ1v) is 34.9. The summed E-state index contributed by atoms with van der Waals surface area (Å²) in [5.41, 5.74) is 31.4. The van der Waals surface area contributed by atoms with Crippen LogP contribution in [0.3, 0.4) is 0 Å². The molecular formula is C92H87BN4. The summed E-state index contributed by atoms with van der Waals surface area (Å²) in [5, 5.41) is 5.15. The molecule has 0 fully saturated rings. The molecule has 0 bridgehead atoms. The Bertz CT molecular complexity index is 5310. The number of hydrogen-bond acceptors (Lipinski definition) is 2. The minimum atomic E-state index is -0.221. The summed E-state index contributed by atoms with van der Waals surface area (Å²) in [6, 6.07) is 98.0. The Balaban J connectivity index is 0.936. The molecule has 2 aliphatic rings. The number of hydrogen-bond donors (Lipinski definition) is 0. The fourth-order valence-electron chi connectivity index (χ4n) is 15.5. The molecule has 4 heterocycles. The van der Waals surface area contributed by atoms with Crippen LogP contribution in [0.15, 0.2) is 255 Å². The van der Waals surface area contributed by atoms with Gasteiger partial charge in [-0.25, -0.2) is 0 Å². The van der Waals surface area contributed by atoms with Gasteiger partial charge in [-0.1, -0.05) is 249 Å². The summed E-state index contributed by atoms with van der Waals surface area (Å²) in [4.78, 5) is 5.23. The normalized spacial score (nSPS) is 13.5. The van der Waals surface area contributed by atoms with Crippen molar-refractivity contribution in [3.8, 4) is 44.8 Å². The molecule has 0 radical (unpaired) electrons. The Kier molecular flexibility index (Phi) is 14.2. The van der Waals surface area contributed by atoms with Gasteiger partial charge in [-0.15, -0.1) is 0 Å². The third-order valence-electron chi connectivity index (χ3n) is 21.1. The van der Waals surface area contributed by atoms with Gasteiger partial charge >= 0.3 is 0 Å². The van der Waals surface area contributed by atoms with Crippen LogP contribution in [0.1, 0.15) is 132 Å². The average molecular weight is 1260 g/mol. The molecule has 97 heavy (non-hydrogen) atoms. The lowest BCUT2D eigenvalue weighted by Crippen LogP contribution is -2.61. The van der Waals surface area contributed by atoms with E-state index in [0.717, 1.165) is 33.9 Å². The number of benzene rings is 12. The fraction of sp³-hybridized carbons (Fsp3) is 0.217. The Morgan fingerprint density at radius 1 is 0.237 bits per heavy atom. The standard InChI is InChI=1S/C92H87BN4/c1-88(2,3)63-35-46-79-72(51-63)73-52-64(89(4,5)6)36-47-80(73)94(79)68-41-32-60(33-42-68)62-34-44-76-83(50-62)97(78-29-23-22-28-71(78)61-26-20-17-21-27-61)86-56-67(92(13,14)15)55-85-87(86)93(76)77-45-43-70(57-84(77)95(85)69-39-30-59(31-40-69)58-24-18-16-19-25-58)96-81-48-37-65(90(7,8)9)53-74(81)75-54-66(91(10,11)12)38-49-82(75)96/h16-57H,1-15H3. The molecule has 2 aliphatic heterocycles. The van der Waals surface area contributed by atoms with Crippen LogP contribution in [-0.4, -0.2) is 15.8 Å². The van der Waals surface area contributed by atoms with Crippen LogP contribution in [0.2, 0.25) is 0 Å². The lowest BCUT2D eigenvalue weighted by atomic mass is 9.33. The summed E-state index contributed by atoms with van der Waals surface area (Å²) in [6.07, 6.45) is 0. The van der Waals surface area contributed by atoms with Crippen molar-refractivity contribution in [1.29, 1.82) is 0 Å². The van der Waals surface area contributed by atoms with E-state index in [1.165, 1.54) is 133 Å². The van der Waals surface area contributed by atoms with E-state index < -0.39 is 0 Å². The van der Waals surface area contributed by atoms with E-state index in [0.29, 0.717) is 0 Å². The highest BCUT2D eigenvalue weighted by Crippen LogP contribution is 2.50. The van der Waals surface area contributed by atoms with E-state index in [1.807, 2.05) is 0 Å². The van der Waals surface area contributed by atoms with Gasteiger partial charge in [0.15, 0.2) is 0 Å². The van der Waals surface area contributed by atoms with E-state index in [1.54, 1.807) is 0 Å². The maximum absolute atomic E-state index is 2.63. The number of para-hydroxylation sites is 1. The second-order valence-corrected chi connectivity index (χ2v) is 32.7. The minimum Gasteiger partial charge on any atom is -0.311 e. The van der Waals surface area contributed by atoms with Crippen molar-refractivity contribution >= 4 is 101 Å². The Labute approximate surface area is 574 Å². The van der Waals surface area contributed by atoms with Crippen molar-refractivity contribution in [1.82, 2.24) is 9.13 Å². The third-order valence-corrected chi connectivity index (χ3v) is 21.1. The van der Waals surface area contributed by atoms with Gasteiger partial charge in [-0.2, -0.15) is 0 Å². The molecule has 2 aromatic heterocycles. The zero-order valence-electron chi connectivity index (χ0n) is 59.1. The van der Waals surface area contributed by atoms with Crippen LogP contribution in [0.5, 0.6) is 0 Å². The molecule has 478 valence electrons. The second-order valence-electron chi connectivity index (χ2n) is 32.7. The van der Waals surface area contributed by atoms with Crippen molar-refractivity contribution in [3.63, 3.8) is 0 Å². The molecule has 0 atom stereocenters. The van der Waals surface area contributed by atoms with E-state index in [9.17, 15) is 0 Å². The smallest absolute Gasteiger partial charge is 0.252 e. The zero-order valence-corrected chi connectivity index (χ0v) is 59.1. The lowest BCUT2D eigenvalue weighted by Gasteiger charge is -2.45. The first kappa shape index (κ1) is 61.8. The molecule has 12 aromatic carbocycles. The highest BCUT2D eigenvalue weighted by Gasteiger charge is 2.45. The van der Waals surface area contributed by atoms with Crippen molar-refractivity contribution in [2.45, 2.75) is 131 Å². The lowest BCUT2D eigenvalue weighted by molar-refractivity contribution is 0.590. The predicted octanol–water partition coefficient (Wildman–Crippen LogP) is 23.5. The average Bonchev–Trinajstić information content (AvgIpc) is 1.33. The van der Waals surface area contributed by atoms with Crippen LogP contribution in [-0.2, 0) is 27.1 Å². The molecule has 0 amide bonds. The van der Waals surface area contributed by atoms with Gasteiger partial charge in [-0.05, 0) is 208 Å². The Morgan fingerprint density at radius 3 is 1.07 bits per heavy atom. The second kappa shape index (κ2) is 22.2. The van der Waals surface area contributed by atoms with Crippen LogP contribution < -0.4 is 26.2 Å². The molecule has 4 nitrogen and oxygen atoms in total. The number of rotatable bonds is 7. The molecule has 0 N–H and O–H groups in total. The van der Waals surface area contributed by atoms with Crippen LogP contribution >= 0.6 is 0 Å².